The molecule has 3 N–H and O–H groups in total. The summed E-state index contributed by atoms with van der Waals surface area (Å²) in [6.45, 7) is 9.69. The van der Waals surface area contributed by atoms with Gasteiger partial charge >= 0.3 is 0 Å². The maximum absolute atomic E-state index is 12.6. The lowest BCUT2D eigenvalue weighted by atomic mass is 9.87. The number of carbonyl (C=O) groups is 2. The summed E-state index contributed by atoms with van der Waals surface area (Å²) in [4.78, 5) is 30.7. The van der Waals surface area contributed by atoms with Gasteiger partial charge in [-0.05, 0) is 56.6 Å². The van der Waals surface area contributed by atoms with Gasteiger partial charge in [-0.2, -0.15) is 0 Å². The van der Waals surface area contributed by atoms with Crippen molar-refractivity contribution in [1.29, 1.82) is 0 Å². The number of carbonyl (C=O) groups excluding carboxylic acids is 2. The highest BCUT2D eigenvalue weighted by molar-refractivity contribution is 6.11. The van der Waals surface area contributed by atoms with E-state index < -0.39 is 18.0 Å². The van der Waals surface area contributed by atoms with E-state index in [0.717, 1.165) is 19.3 Å². The molecular weight excluding hydrogens is 451 g/mol. The Morgan fingerprint density at radius 3 is 2.54 bits per heavy atom. The van der Waals surface area contributed by atoms with Crippen LogP contribution in [0.4, 0.5) is 4.39 Å². The van der Waals surface area contributed by atoms with Gasteiger partial charge in [-0.15, -0.1) is 0 Å². The predicted octanol–water partition coefficient (Wildman–Crippen LogP) is 4.36. The van der Waals surface area contributed by atoms with Gasteiger partial charge in [0.1, 0.15) is 5.76 Å². The number of nitrogens with zero attached hydrogens (tertiary/aromatic N) is 2. The molecule has 2 aliphatic rings. The number of aliphatic hydroxyl groups is 3. The number of rotatable bonds is 7. The van der Waals surface area contributed by atoms with Crippen molar-refractivity contribution in [3.63, 3.8) is 0 Å². The lowest BCUT2D eigenvalue weighted by Gasteiger charge is -2.19. The Labute approximate surface area is 207 Å². The zero-order valence-electron chi connectivity index (χ0n) is 21.6. The molecule has 0 bridgehead atoms. The van der Waals surface area contributed by atoms with Gasteiger partial charge in [0, 0.05) is 25.7 Å². The molecule has 0 aromatic carbocycles. The van der Waals surface area contributed by atoms with Crippen LogP contribution in [-0.4, -0.2) is 64.6 Å². The number of aliphatic imine (C=N–C) groups is 1. The predicted molar refractivity (Wildman–Crippen MR) is 137 cm³/mol. The molecule has 2 rings (SSSR count). The number of hydrogen-bond acceptors (Lipinski definition) is 6. The van der Waals surface area contributed by atoms with Crippen LogP contribution in [0, 0.1) is 11.8 Å². The fourth-order valence-electron chi connectivity index (χ4n) is 4.09. The van der Waals surface area contributed by atoms with E-state index in [4.69, 9.17) is 0 Å². The Bertz CT molecular complexity index is 953. The molecule has 35 heavy (non-hydrogen) atoms. The minimum atomic E-state index is -2.20. The number of allylic oxidation sites excluding steroid dienone is 6. The first-order chi connectivity index (χ1) is 16.4. The number of Topliss-reactive ketones (excluding diaryl/α,β-unsaturated/α-hetero) is 1. The highest BCUT2D eigenvalue weighted by atomic mass is 19.1. The lowest BCUT2D eigenvalue weighted by Crippen LogP contribution is -2.24. The number of fused-ring (bicyclic) bond motifs is 1. The van der Waals surface area contributed by atoms with E-state index >= 15 is 0 Å². The highest BCUT2D eigenvalue weighted by Crippen LogP contribution is 2.32. The van der Waals surface area contributed by atoms with Gasteiger partial charge in [-0.3, -0.25) is 14.6 Å². The number of likely N-dealkylation sites (tertiary alicyclic amines) is 1. The van der Waals surface area contributed by atoms with E-state index in [1.54, 1.807) is 20.0 Å². The molecule has 0 radical (unpaired) electrons. The van der Waals surface area contributed by atoms with E-state index in [1.165, 1.54) is 18.0 Å². The van der Waals surface area contributed by atoms with Crippen molar-refractivity contribution >= 4 is 17.9 Å². The van der Waals surface area contributed by atoms with Gasteiger partial charge in [-0.1, -0.05) is 44.6 Å². The number of hydrogen-bond donors (Lipinski definition) is 3. The van der Waals surface area contributed by atoms with Crippen LogP contribution < -0.4 is 0 Å². The third-order valence-corrected chi connectivity index (χ3v) is 5.64. The molecule has 2 heterocycles. The van der Waals surface area contributed by atoms with Crippen LogP contribution in [0.3, 0.4) is 0 Å². The summed E-state index contributed by atoms with van der Waals surface area (Å²) in [5.74, 6) is -1.46. The van der Waals surface area contributed by atoms with Crippen LogP contribution in [-0.2, 0) is 9.59 Å². The minimum absolute atomic E-state index is 0.0223. The van der Waals surface area contributed by atoms with Gasteiger partial charge in [0.15, 0.2) is 0 Å². The number of unbranched alkanes of at least 4 members (excludes halogenated alkanes) is 1. The fourth-order valence-corrected chi connectivity index (χ4v) is 4.09. The summed E-state index contributed by atoms with van der Waals surface area (Å²) in [6, 6.07) is 0. The minimum Gasteiger partial charge on any atom is -0.505 e. The Hall–Kier alpha value is -2.84. The quantitative estimate of drug-likeness (QED) is 0.363. The number of halogens is 1. The number of likely N-dealkylation sites (N-methyl/N-ethyl adjacent to an activating group) is 1. The number of ketones is 1. The van der Waals surface area contributed by atoms with E-state index in [9.17, 15) is 29.3 Å². The molecule has 2 atom stereocenters. The molecule has 1 saturated heterocycles. The normalized spacial score (nSPS) is 25.8. The summed E-state index contributed by atoms with van der Waals surface area (Å²) in [6.07, 6.45) is 9.25. The van der Waals surface area contributed by atoms with Crippen LogP contribution in [0.15, 0.2) is 63.2 Å². The largest absolute Gasteiger partial charge is 0.505 e. The zero-order valence-corrected chi connectivity index (χ0v) is 21.6. The molecule has 7 nitrogen and oxygen atoms in total. The van der Waals surface area contributed by atoms with Gasteiger partial charge in [0.2, 0.25) is 12.1 Å². The first-order valence-corrected chi connectivity index (χ1v) is 11.9. The molecule has 0 aliphatic carbocycles. The fraction of sp³-hybridized carbons (Fsp3) is 0.519. The number of aliphatic hydroxyl groups excluding tert-OH is 2. The Morgan fingerprint density at radius 1 is 1.37 bits per heavy atom. The van der Waals surface area contributed by atoms with Crippen molar-refractivity contribution in [1.82, 2.24) is 4.90 Å². The van der Waals surface area contributed by atoms with Crippen molar-refractivity contribution < 1.29 is 29.3 Å². The second-order valence-electron chi connectivity index (χ2n) is 8.94. The van der Waals surface area contributed by atoms with Crippen LogP contribution >= 0.6 is 0 Å². The first-order valence-electron chi connectivity index (χ1n) is 11.9. The van der Waals surface area contributed by atoms with Crippen molar-refractivity contribution in [3.8, 4) is 0 Å². The smallest absolute Gasteiger partial charge is 0.258 e. The maximum Gasteiger partial charge on any atom is 0.258 e. The molecule has 0 aromatic rings. The molecule has 1 amide bonds. The Morgan fingerprint density at radius 2 is 2.03 bits per heavy atom. The Balaban J connectivity index is 0.000000762. The number of amides is 1. The van der Waals surface area contributed by atoms with Crippen molar-refractivity contribution in [2.24, 2.45) is 16.8 Å². The van der Waals surface area contributed by atoms with Gasteiger partial charge in [0.25, 0.3) is 5.91 Å². The lowest BCUT2D eigenvalue weighted by molar-refractivity contribution is -0.140. The molecule has 2 aliphatic heterocycles. The topological polar surface area (TPSA) is 110 Å². The van der Waals surface area contributed by atoms with E-state index in [1.807, 2.05) is 26.0 Å². The third kappa shape index (κ3) is 9.03. The van der Waals surface area contributed by atoms with Crippen molar-refractivity contribution in [2.75, 3.05) is 20.1 Å². The van der Waals surface area contributed by atoms with Gasteiger partial charge < -0.3 is 20.2 Å². The molecule has 194 valence electrons. The van der Waals surface area contributed by atoms with Crippen LogP contribution in [0.2, 0.25) is 0 Å². The van der Waals surface area contributed by atoms with Crippen LogP contribution in [0.1, 0.15) is 53.9 Å². The third-order valence-electron chi connectivity index (χ3n) is 5.64. The molecule has 0 aromatic heterocycles. The summed E-state index contributed by atoms with van der Waals surface area (Å²) < 4.78 is 11.7. The Kier molecular flexibility index (Phi) is 12.5. The maximum atomic E-state index is 12.6. The van der Waals surface area contributed by atoms with E-state index in [-0.39, 0.29) is 46.7 Å². The zero-order chi connectivity index (χ0) is 26.7. The molecular formula is C27H39FN2O5. The molecule has 1 fully saturated rings. The summed E-state index contributed by atoms with van der Waals surface area (Å²) >= 11 is 0. The molecule has 0 spiro atoms. The second kappa shape index (κ2) is 14.5. The molecule has 0 saturated carbocycles. The molecule has 2 unspecified atom stereocenters. The first kappa shape index (κ1) is 30.2. The highest BCUT2D eigenvalue weighted by Gasteiger charge is 2.36. The van der Waals surface area contributed by atoms with Crippen LogP contribution in [0.5, 0.6) is 0 Å². The average Bonchev–Trinajstić information content (AvgIpc) is 3.06. The molecule has 8 heteroatoms. The standard InChI is InChI=1S/C21H28N2O5.C6H11F/c1-5-6-12(2)7-14-8-13(3)17(19(25)21(27)28)15-11-23(4)20(26)18(15)16(24)10-22-9-14;1-3-4-5-6(2)7/h5-6,8,10,12,14,21,24,27-28H,7,9,11H2,1-4H3;5H,3-4H2,1-2H3/b6-5-,13-8+,17-15+,18-16-,22-10?;6-5+. The summed E-state index contributed by atoms with van der Waals surface area (Å²) in [5, 5.41) is 29.5. The van der Waals surface area contributed by atoms with E-state index in [0.29, 0.717) is 12.1 Å². The van der Waals surface area contributed by atoms with Crippen LogP contribution in [0.25, 0.3) is 0 Å². The van der Waals surface area contributed by atoms with E-state index in [2.05, 4.69) is 18.0 Å². The van der Waals surface area contributed by atoms with Gasteiger partial charge in [-0.25, -0.2) is 4.39 Å². The second-order valence-corrected chi connectivity index (χ2v) is 8.94. The summed E-state index contributed by atoms with van der Waals surface area (Å²) in [7, 11) is 1.55. The SMILES string of the molecule is C/C=C\C(C)CC1/C=C(C)/C(C(=O)C(O)O)=C2/CN(C)C(=O)/C2=C(\O)C=NC1.CCC/C=C(\C)F. The van der Waals surface area contributed by atoms with Crippen molar-refractivity contribution in [2.45, 2.75) is 60.2 Å². The summed E-state index contributed by atoms with van der Waals surface area (Å²) in [5.41, 5.74) is 0.860. The average molecular weight is 491 g/mol. The monoisotopic (exact) mass is 490 g/mol. The van der Waals surface area contributed by atoms with Crippen molar-refractivity contribution in [3.05, 3.63) is 58.2 Å². The van der Waals surface area contributed by atoms with Gasteiger partial charge in [0.05, 0.1) is 17.6 Å².